The van der Waals surface area contributed by atoms with Gasteiger partial charge >= 0.3 is 5.97 Å². The van der Waals surface area contributed by atoms with Crippen LogP contribution in [0.2, 0.25) is 5.02 Å². The predicted octanol–water partition coefficient (Wildman–Crippen LogP) is 6.56. The maximum absolute atomic E-state index is 11.9. The topological polar surface area (TPSA) is 121 Å². The Bertz CT molecular complexity index is 1810. The number of rotatable bonds is 10. The molecule has 244 valence electrons. The number of hydrogen-bond donors (Lipinski definition) is 2. The average molecular weight is 678 g/mol. The van der Waals surface area contributed by atoms with Gasteiger partial charge in [0.05, 0.1) is 22.8 Å². The van der Waals surface area contributed by atoms with Crippen molar-refractivity contribution in [3.63, 3.8) is 0 Å². The molecule has 0 radical (unpaired) electrons. The summed E-state index contributed by atoms with van der Waals surface area (Å²) in [5.74, 6) is 1.34. The maximum atomic E-state index is 11.9. The van der Waals surface area contributed by atoms with Gasteiger partial charge in [-0.2, -0.15) is 5.26 Å². The van der Waals surface area contributed by atoms with Crippen LogP contribution in [0.4, 0.5) is 0 Å². The van der Waals surface area contributed by atoms with E-state index in [1.54, 1.807) is 35.2 Å². The number of ether oxygens (including phenoxy) is 4. The number of β-amino-alcohol motifs (C(OH)–C–C–N with tert-alkyl or cyclic N) is 1. The van der Waals surface area contributed by atoms with Crippen molar-refractivity contribution in [1.82, 2.24) is 4.90 Å². The standard InChI is InChI=1S/C36H33ClN2O7.ClH/c1-22-26(6-3-7-29(22)25-8-9-32-35(14-25)44-11-10-43-32)21-46-34-16-33(45-20-24-5-2-4-23(12-24)17-38)27(13-30(34)37)18-39-19-28(40)15-31(39)36(41)42;/h2-9,12-14,16,28,31,40H,10-11,15,18-21H2,1H3,(H,41,42);1H/t28-,31-;/m1./s1. The summed E-state index contributed by atoms with van der Waals surface area (Å²) >= 11 is 6.75. The quantitative estimate of drug-likeness (QED) is 0.192. The lowest BCUT2D eigenvalue weighted by molar-refractivity contribution is -0.142. The number of aliphatic hydroxyl groups excluding tert-OH is 1. The Morgan fingerprint density at radius 3 is 2.53 bits per heavy atom. The molecular formula is C36H34Cl2N2O7. The first-order valence-corrected chi connectivity index (χ1v) is 15.4. The number of hydrogen-bond acceptors (Lipinski definition) is 8. The molecule has 2 atom stereocenters. The summed E-state index contributed by atoms with van der Waals surface area (Å²) in [4.78, 5) is 13.6. The summed E-state index contributed by atoms with van der Waals surface area (Å²) in [6.07, 6.45) is -0.593. The second kappa shape index (κ2) is 15.0. The number of carboxylic acids is 1. The van der Waals surface area contributed by atoms with Crippen LogP contribution in [-0.4, -0.2) is 53.0 Å². The van der Waals surface area contributed by atoms with Crippen molar-refractivity contribution in [1.29, 1.82) is 5.26 Å². The lowest BCUT2D eigenvalue weighted by Crippen LogP contribution is -2.35. The van der Waals surface area contributed by atoms with E-state index in [9.17, 15) is 20.3 Å². The fourth-order valence-corrected chi connectivity index (χ4v) is 6.13. The lowest BCUT2D eigenvalue weighted by Gasteiger charge is -2.23. The molecule has 4 aromatic rings. The number of aliphatic hydroxyl groups is 1. The van der Waals surface area contributed by atoms with E-state index in [0.717, 1.165) is 39.3 Å². The van der Waals surface area contributed by atoms with Crippen LogP contribution in [0, 0.1) is 18.3 Å². The Kier molecular flexibility index (Phi) is 10.8. The van der Waals surface area contributed by atoms with Crippen LogP contribution in [0.5, 0.6) is 23.0 Å². The molecule has 4 aromatic carbocycles. The van der Waals surface area contributed by atoms with Gasteiger partial charge in [0.15, 0.2) is 11.5 Å². The molecule has 0 spiro atoms. The molecule has 47 heavy (non-hydrogen) atoms. The van der Waals surface area contributed by atoms with Gasteiger partial charge in [0, 0.05) is 31.1 Å². The number of aliphatic carboxylic acids is 1. The summed E-state index contributed by atoms with van der Waals surface area (Å²) in [6.45, 7) is 3.93. The van der Waals surface area contributed by atoms with E-state index in [1.165, 1.54) is 0 Å². The minimum Gasteiger partial charge on any atom is -0.488 e. The maximum Gasteiger partial charge on any atom is 0.321 e. The highest BCUT2D eigenvalue weighted by molar-refractivity contribution is 6.32. The van der Waals surface area contributed by atoms with Crippen molar-refractivity contribution < 1.29 is 34.0 Å². The minimum absolute atomic E-state index is 0. The van der Waals surface area contributed by atoms with E-state index in [1.807, 2.05) is 43.3 Å². The third-order valence-electron chi connectivity index (χ3n) is 8.29. The van der Waals surface area contributed by atoms with Crippen molar-refractivity contribution in [2.24, 2.45) is 0 Å². The van der Waals surface area contributed by atoms with Crippen LogP contribution in [0.25, 0.3) is 11.1 Å². The Morgan fingerprint density at radius 1 is 0.979 bits per heavy atom. The molecule has 2 aliphatic heterocycles. The molecule has 1 fully saturated rings. The van der Waals surface area contributed by atoms with Crippen molar-refractivity contribution >= 4 is 30.0 Å². The molecule has 6 rings (SSSR count). The first kappa shape index (κ1) is 33.9. The third kappa shape index (κ3) is 7.75. The van der Waals surface area contributed by atoms with Gasteiger partial charge in [0.1, 0.15) is 44.0 Å². The molecule has 0 aliphatic carbocycles. The average Bonchev–Trinajstić information content (AvgIpc) is 3.44. The van der Waals surface area contributed by atoms with Crippen molar-refractivity contribution in [3.8, 4) is 40.2 Å². The van der Waals surface area contributed by atoms with E-state index >= 15 is 0 Å². The highest BCUT2D eigenvalue weighted by atomic mass is 35.5. The molecule has 0 amide bonds. The van der Waals surface area contributed by atoms with Gasteiger partial charge in [-0.15, -0.1) is 12.4 Å². The molecule has 0 unspecified atom stereocenters. The van der Waals surface area contributed by atoms with Gasteiger partial charge < -0.3 is 29.2 Å². The molecule has 0 bridgehead atoms. The van der Waals surface area contributed by atoms with Crippen LogP contribution >= 0.6 is 24.0 Å². The summed E-state index contributed by atoms with van der Waals surface area (Å²) < 4.78 is 24.0. The monoisotopic (exact) mass is 676 g/mol. The zero-order chi connectivity index (χ0) is 32.2. The SMILES string of the molecule is Cc1c(COc2cc(OCc3cccc(C#N)c3)c(CN3C[C@H](O)C[C@@H]3C(=O)O)cc2Cl)cccc1-c1ccc2c(c1)OCCO2.Cl. The Hall–Kier alpha value is -4.46. The number of likely N-dealkylation sites (tertiary alicyclic amines) is 1. The molecule has 2 N–H and O–H groups in total. The number of halogens is 2. The van der Waals surface area contributed by atoms with Crippen LogP contribution in [0.1, 0.15) is 34.2 Å². The number of carbonyl (C=O) groups is 1. The predicted molar refractivity (Wildman–Crippen MR) is 179 cm³/mol. The van der Waals surface area contributed by atoms with Gasteiger partial charge in [0.25, 0.3) is 0 Å². The minimum atomic E-state index is -0.993. The summed E-state index contributed by atoms with van der Waals surface area (Å²) in [5.41, 5.74) is 6.05. The lowest BCUT2D eigenvalue weighted by atomic mass is 9.96. The van der Waals surface area contributed by atoms with Crippen LogP contribution in [0.3, 0.4) is 0 Å². The Morgan fingerprint density at radius 2 is 1.74 bits per heavy atom. The van der Waals surface area contributed by atoms with Gasteiger partial charge in [-0.3, -0.25) is 9.69 Å². The van der Waals surface area contributed by atoms with Crippen LogP contribution < -0.4 is 18.9 Å². The Labute approximate surface area is 284 Å². The highest BCUT2D eigenvalue weighted by Crippen LogP contribution is 2.38. The fraction of sp³-hybridized carbons (Fsp3) is 0.278. The van der Waals surface area contributed by atoms with Gasteiger partial charge in [0.2, 0.25) is 0 Å². The van der Waals surface area contributed by atoms with E-state index in [4.69, 9.17) is 30.5 Å². The number of fused-ring (bicyclic) bond motifs is 1. The normalized spacial score (nSPS) is 17.0. The third-order valence-corrected chi connectivity index (χ3v) is 8.58. The van der Waals surface area contributed by atoms with Crippen molar-refractivity contribution in [3.05, 3.63) is 106 Å². The number of benzene rings is 4. The zero-order valence-corrected chi connectivity index (χ0v) is 27.2. The second-order valence-corrected chi connectivity index (χ2v) is 11.8. The van der Waals surface area contributed by atoms with Crippen molar-refractivity contribution in [2.75, 3.05) is 19.8 Å². The van der Waals surface area contributed by atoms with E-state index in [2.05, 4.69) is 12.1 Å². The first-order valence-electron chi connectivity index (χ1n) is 15.0. The zero-order valence-electron chi connectivity index (χ0n) is 25.6. The molecular weight excluding hydrogens is 643 g/mol. The molecule has 2 aliphatic rings. The summed E-state index contributed by atoms with van der Waals surface area (Å²) in [5, 5.41) is 29.6. The van der Waals surface area contributed by atoms with Crippen molar-refractivity contribution in [2.45, 2.75) is 45.2 Å². The molecule has 0 saturated carbocycles. The largest absolute Gasteiger partial charge is 0.488 e. The number of nitriles is 1. The van der Waals surface area contributed by atoms with Crippen LogP contribution in [-0.2, 0) is 24.6 Å². The van der Waals surface area contributed by atoms with E-state index in [0.29, 0.717) is 40.9 Å². The number of nitrogens with zero attached hydrogens (tertiary/aromatic N) is 2. The van der Waals surface area contributed by atoms with Crippen LogP contribution in [0.15, 0.2) is 72.8 Å². The first-order chi connectivity index (χ1) is 22.3. The summed E-state index contributed by atoms with van der Waals surface area (Å²) in [6, 6.07) is 23.8. The van der Waals surface area contributed by atoms with E-state index < -0.39 is 18.1 Å². The highest BCUT2D eigenvalue weighted by Gasteiger charge is 2.36. The summed E-state index contributed by atoms with van der Waals surface area (Å²) in [7, 11) is 0. The smallest absolute Gasteiger partial charge is 0.321 e. The molecule has 1 saturated heterocycles. The molecule has 11 heteroatoms. The van der Waals surface area contributed by atoms with Gasteiger partial charge in [-0.1, -0.05) is 48.0 Å². The van der Waals surface area contributed by atoms with Gasteiger partial charge in [-0.05, 0) is 65.1 Å². The molecule has 9 nitrogen and oxygen atoms in total. The Balaban J connectivity index is 0.00000433. The fourth-order valence-electron chi connectivity index (χ4n) is 5.88. The second-order valence-electron chi connectivity index (χ2n) is 11.4. The molecule has 0 aromatic heterocycles. The number of carboxylic acid groups (broad SMARTS) is 1. The van der Waals surface area contributed by atoms with Gasteiger partial charge in [-0.25, -0.2) is 0 Å². The molecule has 2 heterocycles. The van der Waals surface area contributed by atoms with E-state index in [-0.39, 0.29) is 45.1 Å².